The predicted octanol–water partition coefficient (Wildman–Crippen LogP) is 2.74. The Morgan fingerprint density at radius 3 is 2.72 bits per heavy atom. The first-order valence-electron chi connectivity index (χ1n) is 12.2. The number of pyridine rings is 1. The lowest BCUT2D eigenvalue weighted by Crippen LogP contribution is -2.46. The van der Waals surface area contributed by atoms with Gasteiger partial charge >= 0.3 is 0 Å². The molecule has 0 bridgehead atoms. The molecular formula is C28H29N7O. The van der Waals surface area contributed by atoms with Crippen LogP contribution in [0.15, 0.2) is 47.5 Å². The van der Waals surface area contributed by atoms with Crippen LogP contribution in [0.3, 0.4) is 0 Å². The van der Waals surface area contributed by atoms with Gasteiger partial charge in [-0.2, -0.15) is 4.98 Å². The Labute approximate surface area is 209 Å². The zero-order chi connectivity index (χ0) is 25.2. The lowest BCUT2D eigenvalue weighted by Gasteiger charge is -2.42. The Kier molecular flexibility index (Phi) is 4.95. The van der Waals surface area contributed by atoms with Crippen molar-refractivity contribution in [2.24, 2.45) is 25.2 Å². The number of hydrogen-bond acceptors (Lipinski definition) is 6. The van der Waals surface area contributed by atoms with Gasteiger partial charge in [-0.25, -0.2) is 4.98 Å². The Balaban J connectivity index is 1.30. The molecule has 8 nitrogen and oxygen atoms in total. The van der Waals surface area contributed by atoms with Gasteiger partial charge in [-0.1, -0.05) is 12.0 Å². The first-order chi connectivity index (χ1) is 17.3. The van der Waals surface area contributed by atoms with E-state index in [9.17, 15) is 4.79 Å². The quantitative estimate of drug-likeness (QED) is 0.428. The van der Waals surface area contributed by atoms with E-state index in [1.54, 1.807) is 17.8 Å². The van der Waals surface area contributed by atoms with E-state index in [2.05, 4.69) is 27.9 Å². The minimum atomic E-state index is -0.166. The molecule has 2 aliphatic rings. The summed E-state index contributed by atoms with van der Waals surface area (Å²) in [7, 11) is 3.67. The molecule has 4 N–H and O–H groups in total. The summed E-state index contributed by atoms with van der Waals surface area (Å²) in [6, 6.07) is 9.95. The van der Waals surface area contributed by atoms with Gasteiger partial charge in [0, 0.05) is 62.1 Å². The summed E-state index contributed by atoms with van der Waals surface area (Å²) >= 11 is 0. The number of piperidine rings is 1. The molecular weight excluding hydrogens is 450 g/mol. The number of nitrogens with zero attached hydrogens (tertiary/aromatic N) is 5. The molecule has 4 aromatic rings. The summed E-state index contributed by atoms with van der Waals surface area (Å²) in [4.78, 5) is 24.9. The molecule has 1 saturated heterocycles. The summed E-state index contributed by atoms with van der Waals surface area (Å²) in [6.07, 6.45) is 12.0. The third-order valence-electron chi connectivity index (χ3n) is 8.19. The molecule has 1 atom stereocenters. The normalized spacial score (nSPS) is 18.5. The van der Waals surface area contributed by atoms with E-state index >= 15 is 0 Å². The van der Waals surface area contributed by atoms with E-state index in [4.69, 9.17) is 22.9 Å². The highest BCUT2D eigenvalue weighted by Gasteiger charge is 2.46. The van der Waals surface area contributed by atoms with Gasteiger partial charge in [-0.15, -0.1) is 6.42 Å². The summed E-state index contributed by atoms with van der Waals surface area (Å²) in [5, 5.41) is 0.876. The molecule has 6 rings (SSSR count). The fourth-order valence-electron chi connectivity index (χ4n) is 6.17. The van der Waals surface area contributed by atoms with Crippen molar-refractivity contribution in [2.75, 3.05) is 23.7 Å². The standard InChI is InChI=1S/C28H29N7O/c1-4-17-7-8-19-18(14-17)15-28(23(19)29)9-12-35(13-10-28)27-32-24(30)22(26(36)34(27)3)21-16-33(2)25-20(21)6-5-11-31-25/h1,5-8,11,14,16,23H,9-10,12-13,15,29-30H2,2-3H3/t23-/m1/s1. The molecule has 0 amide bonds. The van der Waals surface area contributed by atoms with Crippen LogP contribution >= 0.6 is 0 Å². The third-order valence-corrected chi connectivity index (χ3v) is 8.19. The van der Waals surface area contributed by atoms with E-state index in [1.165, 1.54) is 11.1 Å². The highest BCUT2D eigenvalue weighted by molar-refractivity contribution is 5.96. The van der Waals surface area contributed by atoms with Crippen LogP contribution in [-0.2, 0) is 20.5 Å². The highest BCUT2D eigenvalue weighted by Crippen LogP contribution is 2.51. The first kappa shape index (κ1) is 22.4. The third kappa shape index (κ3) is 3.16. The number of nitrogens with two attached hydrogens (primary N) is 2. The van der Waals surface area contributed by atoms with Crippen LogP contribution in [0, 0.1) is 17.8 Å². The van der Waals surface area contributed by atoms with Crippen molar-refractivity contribution in [1.82, 2.24) is 19.1 Å². The number of terminal acetylenes is 1. The molecule has 1 aliphatic carbocycles. The van der Waals surface area contributed by atoms with E-state index in [0.717, 1.165) is 54.5 Å². The number of rotatable bonds is 2. The lowest BCUT2D eigenvalue weighted by molar-refractivity contribution is 0.186. The molecule has 182 valence electrons. The number of aromatic nitrogens is 4. The van der Waals surface area contributed by atoms with Gasteiger partial charge in [0.05, 0.1) is 5.56 Å². The van der Waals surface area contributed by atoms with Crippen molar-refractivity contribution in [3.63, 3.8) is 0 Å². The van der Waals surface area contributed by atoms with Crippen LogP contribution in [0.5, 0.6) is 0 Å². The monoisotopic (exact) mass is 479 g/mol. The fourth-order valence-corrected chi connectivity index (χ4v) is 6.17. The Morgan fingerprint density at radius 1 is 1.19 bits per heavy atom. The van der Waals surface area contributed by atoms with E-state index < -0.39 is 0 Å². The highest BCUT2D eigenvalue weighted by atomic mass is 16.1. The minimum Gasteiger partial charge on any atom is -0.383 e. The van der Waals surface area contributed by atoms with Crippen molar-refractivity contribution < 1.29 is 0 Å². The maximum absolute atomic E-state index is 13.6. The Hall–Kier alpha value is -4.09. The molecule has 3 aromatic heterocycles. The Morgan fingerprint density at radius 2 is 1.97 bits per heavy atom. The number of nitrogen functional groups attached to an aromatic ring is 1. The molecule has 4 heterocycles. The van der Waals surface area contributed by atoms with Gasteiger partial charge in [0.15, 0.2) is 0 Å². The number of aryl methyl sites for hydroxylation is 1. The van der Waals surface area contributed by atoms with Crippen LogP contribution in [0.2, 0.25) is 0 Å². The van der Waals surface area contributed by atoms with E-state index in [-0.39, 0.29) is 22.8 Å². The molecule has 0 unspecified atom stereocenters. The number of fused-ring (bicyclic) bond motifs is 2. The molecule has 0 saturated carbocycles. The topological polar surface area (TPSA) is 108 Å². The number of hydrogen-bond donors (Lipinski definition) is 2. The second kappa shape index (κ2) is 7.97. The Bertz CT molecular complexity index is 1620. The molecule has 1 spiro atoms. The van der Waals surface area contributed by atoms with Crippen molar-refractivity contribution in [3.05, 3.63) is 69.8 Å². The first-order valence-corrected chi connectivity index (χ1v) is 12.2. The van der Waals surface area contributed by atoms with Crippen molar-refractivity contribution in [3.8, 4) is 23.5 Å². The minimum absolute atomic E-state index is 0.00758. The van der Waals surface area contributed by atoms with Crippen LogP contribution < -0.4 is 21.9 Å². The van der Waals surface area contributed by atoms with Crippen LogP contribution in [0.4, 0.5) is 11.8 Å². The van der Waals surface area contributed by atoms with Gasteiger partial charge in [0.1, 0.15) is 11.5 Å². The van der Waals surface area contributed by atoms with Crippen molar-refractivity contribution in [1.29, 1.82) is 0 Å². The maximum Gasteiger partial charge on any atom is 0.264 e. The van der Waals surface area contributed by atoms with E-state index in [1.807, 2.05) is 36.0 Å². The smallest absolute Gasteiger partial charge is 0.264 e. The summed E-state index contributed by atoms with van der Waals surface area (Å²) < 4.78 is 3.51. The SMILES string of the molecule is C#Cc1ccc2c(c1)CC1(CCN(c3nc(N)c(-c4cn(C)c5ncccc45)c(=O)n3C)CC1)[C@@H]2N. The zero-order valence-electron chi connectivity index (χ0n) is 20.5. The number of anilines is 2. The molecule has 8 heteroatoms. The zero-order valence-corrected chi connectivity index (χ0v) is 20.5. The molecule has 1 fully saturated rings. The average molecular weight is 480 g/mol. The largest absolute Gasteiger partial charge is 0.383 e. The van der Waals surface area contributed by atoms with E-state index in [0.29, 0.717) is 11.5 Å². The molecule has 1 aromatic carbocycles. The van der Waals surface area contributed by atoms with Gasteiger partial charge in [-0.3, -0.25) is 9.36 Å². The van der Waals surface area contributed by atoms with Crippen LogP contribution in [0.25, 0.3) is 22.2 Å². The molecule has 36 heavy (non-hydrogen) atoms. The van der Waals surface area contributed by atoms with Gasteiger partial charge < -0.3 is 20.9 Å². The predicted molar refractivity (Wildman–Crippen MR) is 142 cm³/mol. The number of benzene rings is 1. The maximum atomic E-state index is 13.6. The summed E-state index contributed by atoms with van der Waals surface area (Å²) in [5.74, 6) is 3.55. The molecule has 1 aliphatic heterocycles. The van der Waals surface area contributed by atoms with Gasteiger partial charge in [0.2, 0.25) is 5.95 Å². The summed E-state index contributed by atoms with van der Waals surface area (Å²) in [6.45, 7) is 1.50. The van der Waals surface area contributed by atoms with Gasteiger partial charge in [0.25, 0.3) is 5.56 Å². The van der Waals surface area contributed by atoms with Gasteiger partial charge in [-0.05, 0) is 60.1 Å². The summed E-state index contributed by atoms with van der Waals surface area (Å²) in [5.41, 5.74) is 18.3. The fraction of sp³-hybridized carbons (Fsp3) is 0.321. The lowest BCUT2D eigenvalue weighted by atomic mass is 9.73. The van der Waals surface area contributed by atoms with Crippen LogP contribution in [0.1, 0.15) is 35.6 Å². The second-order valence-electron chi connectivity index (χ2n) is 10.1. The van der Waals surface area contributed by atoms with Crippen molar-refractivity contribution >= 4 is 22.8 Å². The van der Waals surface area contributed by atoms with Crippen molar-refractivity contribution in [2.45, 2.75) is 25.3 Å². The molecule has 0 radical (unpaired) electrons. The van der Waals surface area contributed by atoms with Crippen LogP contribution in [-0.4, -0.2) is 32.2 Å². The average Bonchev–Trinajstić information content (AvgIpc) is 3.35. The second-order valence-corrected chi connectivity index (χ2v) is 10.1.